The smallest absolute Gasteiger partial charge is 0.196 e. The molecule has 5 nitrogen and oxygen atoms in total. The predicted molar refractivity (Wildman–Crippen MR) is 69.0 cm³/mol. The molecule has 3 rings (SSSR count). The summed E-state index contributed by atoms with van der Waals surface area (Å²) in [5.41, 5.74) is 2.68. The third-order valence-electron chi connectivity index (χ3n) is 2.29. The monoisotopic (exact) mass is 297 g/mol. The van der Waals surface area contributed by atoms with Crippen molar-refractivity contribution in [3.63, 3.8) is 0 Å². The maximum absolute atomic E-state index is 4.29. The lowest BCUT2D eigenvalue weighted by Gasteiger charge is -2.08. The average molecular weight is 298 g/mol. The molecule has 0 atom stereocenters. The molecule has 2 heterocycles. The van der Waals surface area contributed by atoms with E-state index in [-0.39, 0.29) is 0 Å². The van der Waals surface area contributed by atoms with Crippen molar-refractivity contribution in [2.24, 2.45) is 4.99 Å². The van der Waals surface area contributed by atoms with Gasteiger partial charge in [-0.15, -0.1) is 0 Å². The molecule has 0 bridgehead atoms. The van der Waals surface area contributed by atoms with E-state index in [1.54, 1.807) is 0 Å². The molecular weight excluding hydrogens is 290 g/mol. The van der Waals surface area contributed by atoms with Crippen molar-refractivity contribution >= 4 is 50.3 Å². The Balaban J connectivity index is 2.06. The molecule has 0 amide bonds. The quantitative estimate of drug-likeness (QED) is 0.843. The van der Waals surface area contributed by atoms with Crippen LogP contribution in [-0.2, 0) is 0 Å². The standard InChI is InChI=1S/C9H8BrN5S/c10-5-1-2-6-8(15-16-14-6)7(5)13-9-11-3-4-12-9/h1-2H,3-4H2,(H2,11,12,13). The molecular formula is C9H8BrN5S. The molecule has 1 aliphatic rings. The first-order valence-corrected chi connectivity index (χ1v) is 6.33. The van der Waals surface area contributed by atoms with Crippen LogP contribution in [0.1, 0.15) is 0 Å². The largest absolute Gasteiger partial charge is 0.354 e. The number of guanidine groups is 1. The number of hydrogen-bond acceptors (Lipinski definition) is 6. The van der Waals surface area contributed by atoms with Crippen molar-refractivity contribution < 1.29 is 0 Å². The fourth-order valence-corrected chi connectivity index (χ4v) is 2.51. The van der Waals surface area contributed by atoms with Gasteiger partial charge < -0.3 is 10.6 Å². The first-order chi connectivity index (χ1) is 7.84. The summed E-state index contributed by atoms with van der Waals surface area (Å²) in [6, 6.07) is 3.90. The second kappa shape index (κ2) is 3.99. The Morgan fingerprint density at radius 3 is 3.12 bits per heavy atom. The fraction of sp³-hybridized carbons (Fsp3) is 0.222. The Morgan fingerprint density at radius 1 is 1.38 bits per heavy atom. The van der Waals surface area contributed by atoms with E-state index in [4.69, 9.17) is 0 Å². The minimum Gasteiger partial charge on any atom is -0.354 e. The zero-order chi connectivity index (χ0) is 11.0. The normalized spacial score (nSPS) is 14.9. The van der Waals surface area contributed by atoms with Crippen LogP contribution in [0.5, 0.6) is 0 Å². The van der Waals surface area contributed by atoms with Crippen LogP contribution in [0.15, 0.2) is 21.6 Å². The minimum absolute atomic E-state index is 0.793. The zero-order valence-electron chi connectivity index (χ0n) is 8.20. The van der Waals surface area contributed by atoms with E-state index in [0.29, 0.717) is 0 Å². The predicted octanol–water partition coefficient (Wildman–Crippen LogP) is 1.82. The van der Waals surface area contributed by atoms with Crippen LogP contribution >= 0.6 is 27.7 Å². The summed E-state index contributed by atoms with van der Waals surface area (Å²) < 4.78 is 9.44. The molecule has 0 fully saturated rings. The van der Waals surface area contributed by atoms with Gasteiger partial charge in [-0.1, -0.05) is 0 Å². The average Bonchev–Trinajstić information content (AvgIpc) is 2.92. The lowest BCUT2D eigenvalue weighted by molar-refractivity contribution is 0.959. The first-order valence-electron chi connectivity index (χ1n) is 4.81. The number of nitrogens with one attached hydrogen (secondary N) is 2. The Bertz CT molecular complexity index is 564. The second-order valence-corrected chi connectivity index (χ2v) is 4.72. The van der Waals surface area contributed by atoms with Crippen molar-refractivity contribution in [2.45, 2.75) is 0 Å². The third-order valence-corrected chi connectivity index (χ3v) is 3.50. The Hall–Kier alpha value is -1.21. The number of benzene rings is 1. The van der Waals surface area contributed by atoms with Gasteiger partial charge in [-0.2, -0.15) is 8.75 Å². The number of rotatable bonds is 1. The van der Waals surface area contributed by atoms with Gasteiger partial charge in [0.1, 0.15) is 11.0 Å². The SMILES string of the molecule is Brc1ccc2nsnc2c1NC1=NCCN1. The van der Waals surface area contributed by atoms with E-state index >= 15 is 0 Å². The van der Waals surface area contributed by atoms with Gasteiger partial charge in [0.25, 0.3) is 0 Å². The van der Waals surface area contributed by atoms with Crippen molar-refractivity contribution in [3.8, 4) is 0 Å². The number of nitrogens with zero attached hydrogens (tertiary/aromatic N) is 3. The highest BCUT2D eigenvalue weighted by Gasteiger charge is 2.12. The first kappa shape index (κ1) is 9.98. The van der Waals surface area contributed by atoms with Crippen LogP contribution in [0.25, 0.3) is 11.0 Å². The molecule has 2 N–H and O–H groups in total. The molecule has 0 radical (unpaired) electrons. The maximum Gasteiger partial charge on any atom is 0.196 e. The van der Waals surface area contributed by atoms with Crippen LogP contribution in [-0.4, -0.2) is 27.8 Å². The number of hydrogen-bond donors (Lipinski definition) is 2. The van der Waals surface area contributed by atoms with Crippen molar-refractivity contribution in [1.29, 1.82) is 0 Å². The number of anilines is 1. The van der Waals surface area contributed by atoms with Gasteiger partial charge in [0, 0.05) is 11.0 Å². The summed E-state index contributed by atoms with van der Waals surface area (Å²) in [6.45, 7) is 1.69. The van der Waals surface area contributed by atoms with Crippen LogP contribution in [0.3, 0.4) is 0 Å². The third kappa shape index (κ3) is 1.65. The molecule has 1 aliphatic heterocycles. The van der Waals surface area contributed by atoms with Crippen molar-refractivity contribution in [3.05, 3.63) is 16.6 Å². The van der Waals surface area contributed by atoms with E-state index in [2.05, 4.69) is 40.3 Å². The number of fused-ring (bicyclic) bond motifs is 1. The molecule has 16 heavy (non-hydrogen) atoms. The maximum atomic E-state index is 4.29. The number of aromatic nitrogens is 2. The molecule has 0 unspecified atom stereocenters. The van der Waals surface area contributed by atoms with E-state index < -0.39 is 0 Å². The summed E-state index contributed by atoms with van der Waals surface area (Å²) in [5.74, 6) is 0.793. The Kier molecular flexibility index (Phi) is 2.49. The molecule has 2 aromatic rings. The summed E-state index contributed by atoms with van der Waals surface area (Å²) >= 11 is 4.71. The molecule has 7 heteroatoms. The van der Waals surface area contributed by atoms with Gasteiger partial charge >= 0.3 is 0 Å². The van der Waals surface area contributed by atoms with Gasteiger partial charge in [0.15, 0.2) is 5.96 Å². The highest BCUT2D eigenvalue weighted by molar-refractivity contribution is 9.10. The van der Waals surface area contributed by atoms with Gasteiger partial charge in [0.2, 0.25) is 0 Å². The van der Waals surface area contributed by atoms with Gasteiger partial charge in [-0.3, -0.25) is 4.99 Å². The molecule has 0 saturated heterocycles. The van der Waals surface area contributed by atoms with Gasteiger partial charge in [0.05, 0.1) is 24.0 Å². The van der Waals surface area contributed by atoms with Crippen LogP contribution in [0.2, 0.25) is 0 Å². The van der Waals surface area contributed by atoms with E-state index in [0.717, 1.165) is 40.2 Å². The molecule has 1 aromatic heterocycles. The van der Waals surface area contributed by atoms with Crippen molar-refractivity contribution in [2.75, 3.05) is 18.4 Å². The van der Waals surface area contributed by atoms with E-state index in [1.807, 2.05) is 12.1 Å². The molecule has 1 aromatic carbocycles. The van der Waals surface area contributed by atoms with E-state index in [1.165, 1.54) is 11.7 Å². The molecule has 0 saturated carbocycles. The zero-order valence-corrected chi connectivity index (χ0v) is 10.6. The molecule has 0 spiro atoms. The Morgan fingerprint density at radius 2 is 2.31 bits per heavy atom. The summed E-state index contributed by atoms with van der Waals surface area (Å²) in [7, 11) is 0. The van der Waals surface area contributed by atoms with E-state index in [9.17, 15) is 0 Å². The van der Waals surface area contributed by atoms with Crippen LogP contribution in [0, 0.1) is 0 Å². The van der Waals surface area contributed by atoms with Crippen molar-refractivity contribution in [1.82, 2.24) is 14.1 Å². The van der Waals surface area contributed by atoms with Gasteiger partial charge in [-0.05, 0) is 28.1 Å². The van der Waals surface area contributed by atoms with Crippen LogP contribution in [0.4, 0.5) is 5.69 Å². The minimum atomic E-state index is 0.793. The summed E-state index contributed by atoms with van der Waals surface area (Å²) in [4.78, 5) is 4.29. The fourth-order valence-electron chi connectivity index (χ4n) is 1.55. The van der Waals surface area contributed by atoms with Crippen LogP contribution < -0.4 is 10.6 Å². The second-order valence-electron chi connectivity index (χ2n) is 3.34. The lowest BCUT2D eigenvalue weighted by Crippen LogP contribution is -2.26. The lowest BCUT2D eigenvalue weighted by atomic mass is 10.2. The summed E-state index contributed by atoms with van der Waals surface area (Å²) in [6.07, 6.45) is 0. The number of halogens is 1. The van der Waals surface area contributed by atoms with Gasteiger partial charge in [-0.25, -0.2) is 0 Å². The topological polar surface area (TPSA) is 62.2 Å². The molecule has 82 valence electrons. The highest BCUT2D eigenvalue weighted by atomic mass is 79.9. The molecule has 0 aliphatic carbocycles. The summed E-state index contributed by atoms with van der Waals surface area (Å²) in [5, 5.41) is 6.40. The highest BCUT2D eigenvalue weighted by Crippen LogP contribution is 2.30. The Labute approximate surface area is 104 Å². The number of aliphatic imine (C=N–C) groups is 1.